The quantitative estimate of drug-likeness (QED) is 0.481. The van der Waals surface area contributed by atoms with Gasteiger partial charge in [0.15, 0.2) is 11.6 Å². The van der Waals surface area contributed by atoms with Crippen LogP contribution in [0.15, 0.2) is 54.7 Å². The van der Waals surface area contributed by atoms with Crippen LogP contribution in [0, 0.1) is 6.92 Å². The second-order valence-corrected chi connectivity index (χ2v) is 6.66. The molecule has 0 aliphatic carbocycles. The van der Waals surface area contributed by atoms with Crippen molar-refractivity contribution < 1.29 is 18.0 Å². The number of hydrogen-bond acceptors (Lipinski definition) is 5. The maximum Gasteiger partial charge on any atom is 0.416 e. The predicted octanol–water partition coefficient (Wildman–Crippen LogP) is 3.77. The van der Waals surface area contributed by atoms with Crippen LogP contribution in [-0.2, 0) is 6.18 Å². The van der Waals surface area contributed by atoms with E-state index in [0.717, 1.165) is 17.7 Å². The van der Waals surface area contributed by atoms with Gasteiger partial charge < -0.3 is 4.90 Å². The van der Waals surface area contributed by atoms with Crippen molar-refractivity contribution in [1.29, 1.82) is 0 Å². The number of carbonyl (C=O) groups is 1. The molecule has 0 fully saturated rings. The molecule has 2 aromatic carbocycles. The Balaban J connectivity index is 2.09. The summed E-state index contributed by atoms with van der Waals surface area (Å²) in [5.74, 6) is -0.488. The smallest absolute Gasteiger partial charge is 0.383 e. The molecule has 0 saturated carbocycles. The van der Waals surface area contributed by atoms with Gasteiger partial charge in [0, 0.05) is 25.9 Å². The maximum absolute atomic E-state index is 13.1. The van der Waals surface area contributed by atoms with Crippen LogP contribution >= 0.6 is 0 Å². The summed E-state index contributed by atoms with van der Waals surface area (Å²) in [5, 5.41) is 11.5. The van der Waals surface area contributed by atoms with E-state index in [1.807, 2.05) is 19.1 Å². The largest absolute Gasteiger partial charge is 0.416 e. The molecule has 1 aromatic heterocycles. The van der Waals surface area contributed by atoms with Crippen molar-refractivity contribution >= 4 is 11.4 Å². The molecule has 150 valence electrons. The first-order chi connectivity index (χ1) is 13.7. The minimum atomic E-state index is -4.55. The number of tetrazole rings is 1. The highest BCUT2D eigenvalue weighted by atomic mass is 19.4. The van der Waals surface area contributed by atoms with E-state index in [0.29, 0.717) is 5.69 Å². The zero-order valence-electron chi connectivity index (χ0n) is 16.0. The van der Waals surface area contributed by atoms with E-state index in [9.17, 15) is 18.0 Å². The Labute approximate surface area is 165 Å². The van der Waals surface area contributed by atoms with Crippen LogP contribution in [-0.4, -0.2) is 45.0 Å². The second kappa shape index (κ2) is 7.86. The first kappa shape index (κ1) is 20.2. The molecular weight excluding hydrogens is 383 g/mol. The van der Waals surface area contributed by atoms with Crippen molar-refractivity contribution in [3.63, 3.8) is 0 Å². The summed E-state index contributed by atoms with van der Waals surface area (Å²) in [4.78, 5) is 14.7. The van der Waals surface area contributed by atoms with E-state index < -0.39 is 17.5 Å². The highest BCUT2D eigenvalue weighted by molar-refractivity contribution is 6.28. The van der Waals surface area contributed by atoms with Crippen molar-refractivity contribution in [3.05, 3.63) is 77.2 Å². The number of ketones is 1. The Bertz CT molecular complexity index is 1050. The molecule has 0 unspecified atom stereocenters. The number of hydrogen-bond donors (Lipinski definition) is 0. The summed E-state index contributed by atoms with van der Waals surface area (Å²) in [5.41, 5.74) is 0.724. The van der Waals surface area contributed by atoms with Crippen LogP contribution in [0.25, 0.3) is 11.3 Å². The predicted molar refractivity (Wildman–Crippen MR) is 101 cm³/mol. The fraction of sp³-hybridized carbons (Fsp3) is 0.200. The number of carbonyl (C=O) groups excluding carboxylic acids is 1. The summed E-state index contributed by atoms with van der Waals surface area (Å²) < 4.78 is 40.6. The third kappa shape index (κ3) is 4.50. The van der Waals surface area contributed by atoms with Gasteiger partial charge in [0.25, 0.3) is 0 Å². The van der Waals surface area contributed by atoms with Crippen LogP contribution in [0.4, 0.5) is 13.2 Å². The van der Waals surface area contributed by atoms with Gasteiger partial charge in [0.1, 0.15) is 0 Å². The number of alkyl halides is 3. The second-order valence-electron chi connectivity index (χ2n) is 6.66. The third-order valence-electron chi connectivity index (χ3n) is 4.07. The zero-order chi connectivity index (χ0) is 21.2. The number of aromatic nitrogens is 4. The van der Waals surface area contributed by atoms with E-state index in [4.69, 9.17) is 0 Å². The number of allylic oxidation sites excluding steroid dienone is 1. The monoisotopic (exact) mass is 401 g/mol. The van der Waals surface area contributed by atoms with Gasteiger partial charge in [-0.05, 0) is 41.6 Å². The number of benzene rings is 2. The molecule has 0 radical (unpaired) electrons. The lowest BCUT2D eigenvalue weighted by Gasteiger charge is -2.13. The molecular formula is C20H18F3N5O. The van der Waals surface area contributed by atoms with Crippen molar-refractivity contribution in [3.8, 4) is 5.69 Å². The lowest BCUT2D eigenvalue weighted by Crippen LogP contribution is -2.14. The maximum atomic E-state index is 13.1. The summed E-state index contributed by atoms with van der Waals surface area (Å²) in [7, 11) is 3.39. The number of rotatable bonds is 5. The van der Waals surface area contributed by atoms with Crippen LogP contribution in [0.3, 0.4) is 0 Å². The third-order valence-corrected chi connectivity index (χ3v) is 4.07. The Morgan fingerprint density at radius 1 is 1.10 bits per heavy atom. The van der Waals surface area contributed by atoms with E-state index in [1.54, 1.807) is 31.1 Å². The fourth-order valence-electron chi connectivity index (χ4n) is 2.68. The first-order valence-electron chi connectivity index (χ1n) is 8.63. The molecule has 0 saturated heterocycles. The van der Waals surface area contributed by atoms with Gasteiger partial charge in [-0.1, -0.05) is 29.8 Å². The molecule has 6 nitrogen and oxygen atoms in total. The minimum Gasteiger partial charge on any atom is -0.383 e. The van der Waals surface area contributed by atoms with Gasteiger partial charge in [0.05, 0.1) is 16.8 Å². The van der Waals surface area contributed by atoms with Crippen LogP contribution in [0.1, 0.15) is 27.3 Å². The van der Waals surface area contributed by atoms with E-state index in [2.05, 4.69) is 15.5 Å². The Kier molecular flexibility index (Phi) is 5.49. The molecule has 0 amide bonds. The van der Waals surface area contributed by atoms with E-state index >= 15 is 0 Å². The first-order valence-corrected chi connectivity index (χ1v) is 8.63. The number of aryl methyl sites for hydroxylation is 1. The highest BCUT2D eigenvalue weighted by Crippen LogP contribution is 2.30. The Morgan fingerprint density at radius 3 is 2.41 bits per heavy atom. The normalized spacial score (nSPS) is 12.1. The van der Waals surface area contributed by atoms with Crippen molar-refractivity contribution in [2.45, 2.75) is 13.1 Å². The Morgan fingerprint density at radius 2 is 1.79 bits per heavy atom. The topological polar surface area (TPSA) is 63.9 Å². The Hall–Kier alpha value is -3.49. The highest BCUT2D eigenvalue weighted by Gasteiger charge is 2.31. The summed E-state index contributed by atoms with van der Waals surface area (Å²) in [6, 6.07) is 11.6. The number of nitrogens with zero attached hydrogens (tertiary/aromatic N) is 5. The molecule has 0 atom stereocenters. The summed E-state index contributed by atoms with van der Waals surface area (Å²) >= 11 is 0. The molecule has 0 N–H and O–H groups in total. The van der Waals surface area contributed by atoms with E-state index in [1.165, 1.54) is 23.0 Å². The molecule has 3 rings (SSSR count). The lowest BCUT2D eigenvalue weighted by atomic mass is 10.0. The van der Waals surface area contributed by atoms with Gasteiger partial charge in [0.2, 0.25) is 0 Å². The lowest BCUT2D eigenvalue weighted by molar-refractivity contribution is -0.137. The molecule has 9 heteroatoms. The van der Waals surface area contributed by atoms with Crippen molar-refractivity contribution in [1.82, 2.24) is 25.1 Å². The van der Waals surface area contributed by atoms with Crippen molar-refractivity contribution in [2.24, 2.45) is 0 Å². The molecule has 0 spiro atoms. The van der Waals surface area contributed by atoms with Gasteiger partial charge in [-0.25, -0.2) is 0 Å². The SMILES string of the molecule is Cc1ccc(-n2nnnc2/C(=C/N(C)C)C(=O)c2cccc(C(F)(F)F)c2)cc1. The summed E-state index contributed by atoms with van der Waals surface area (Å²) in [6.45, 7) is 1.93. The molecule has 29 heavy (non-hydrogen) atoms. The van der Waals surface area contributed by atoms with E-state index in [-0.39, 0.29) is 17.0 Å². The average molecular weight is 401 g/mol. The van der Waals surface area contributed by atoms with Crippen LogP contribution < -0.4 is 0 Å². The average Bonchev–Trinajstić information content (AvgIpc) is 3.15. The fourth-order valence-corrected chi connectivity index (χ4v) is 2.68. The molecule has 0 aliphatic rings. The van der Waals surface area contributed by atoms with Crippen LogP contribution in [0.5, 0.6) is 0 Å². The van der Waals surface area contributed by atoms with Gasteiger partial charge in [-0.15, -0.1) is 5.10 Å². The van der Waals surface area contributed by atoms with Gasteiger partial charge in [-0.3, -0.25) is 4.79 Å². The summed E-state index contributed by atoms with van der Waals surface area (Å²) in [6.07, 6.45) is -3.07. The standard InChI is InChI=1S/C20H18F3N5O/c1-13-7-9-16(10-8-13)28-19(24-25-26-28)17(12-27(2)3)18(29)14-5-4-6-15(11-14)20(21,22)23/h4-12H,1-3H3/b17-12+. The van der Waals surface area contributed by atoms with Crippen LogP contribution in [0.2, 0.25) is 0 Å². The number of Topliss-reactive ketones (excluding diaryl/α,β-unsaturated/α-hetero) is 1. The minimum absolute atomic E-state index is 0.0694. The molecule has 3 aromatic rings. The molecule has 0 bridgehead atoms. The number of halogens is 3. The zero-order valence-corrected chi connectivity index (χ0v) is 16.0. The van der Waals surface area contributed by atoms with Crippen molar-refractivity contribution in [2.75, 3.05) is 14.1 Å². The molecule has 1 heterocycles. The molecule has 0 aliphatic heterocycles. The van der Waals surface area contributed by atoms with Gasteiger partial charge >= 0.3 is 6.18 Å². The van der Waals surface area contributed by atoms with Gasteiger partial charge in [-0.2, -0.15) is 17.9 Å².